The molecule has 3 aliphatic rings. The number of hydrogen-bond acceptors (Lipinski definition) is 2. The number of rotatable bonds is 4. The lowest BCUT2D eigenvalue weighted by Gasteiger charge is -2.31. The van der Waals surface area contributed by atoms with Crippen molar-refractivity contribution < 1.29 is 14.7 Å². The molecule has 5 heteroatoms. The Balaban J connectivity index is 1.66. The molecule has 0 aromatic heterocycles. The number of carbonyl (C=O) groups is 2. The molecule has 2 saturated carbocycles. The van der Waals surface area contributed by atoms with Gasteiger partial charge >= 0.3 is 12.0 Å². The molecule has 2 aliphatic carbocycles. The average molecular weight is 266 g/mol. The molecule has 106 valence electrons. The number of carboxylic acids is 1. The Hall–Kier alpha value is -1.26. The summed E-state index contributed by atoms with van der Waals surface area (Å²) < 4.78 is 0. The van der Waals surface area contributed by atoms with Gasteiger partial charge in [-0.2, -0.15) is 0 Å². The highest BCUT2D eigenvalue weighted by atomic mass is 16.4. The minimum Gasteiger partial charge on any atom is -0.481 e. The Bertz CT molecular complexity index is 390. The van der Waals surface area contributed by atoms with E-state index in [9.17, 15) is 9.59 Å². The molecule has 5 nitrogen and oxygen atoms in total. The Morgan fingerprint density at radius 1 is 1.21 bits per heavy atom. The fraction of sp³-hybridized carbons (Fsp3) is 0.857. The standard InChI is InChI=1S/C14H22N2O3/c1-9-12(13(17)18)6-7-15(9)14(19)16(11-4-5-11)8-10-2-3-10/h9-12H,2-8H2,1H3,(H,17,18). The number of hydrogen-bond donors (Lipinski definition) is 1. The third-order valence-electron chi connectivity index (χ3n) is 4.70. The second kappa shape index (κ2) is 4.69. The Labute approximate surface area is 113 Å². The number of amides is 2. The quantitative estimate of drug-likeness (QED) is 0.843. The first-order chi connectivity index (χ1) is 9.08. The number of likely N-dealkylation sites (tertiary alicyclic amines) is 1. The highest BCUT2D eigenvalue weighted by molar-refractivity contribution is 5.78. The van der Waals surface area contributed by atoms with E-state index in [-0.39, 0.29) is 12.1 Å². The minimum absolute atomic E-state index is 0.0747. The summed E-state index contributed by atoms with van der Waals surface area (Å²) in [5.41, 5.74) is 0. The highest BCUT2D eigenvalue weighted by Gasteiger charge is 2.43. The molecule has 2 unspecified atom stereocenters. The predicted octanol–water partition coefficient (Wildman–Crippen LogP) is 1.78. The summed E-state index contributed by atoms with van der Waals surface area (Å²) in [5, 5.41) is 9.15. The van der Waals surface area contributed by atoms with Crippen LogP contribution in [-0.4, -0.2) is 52.1 Å². The van der Waals surface area contributed by atoms with Crippen LogP contribution in [0.25, 0.3) is 0 Å². The van der Waals surface area contributed by atoms with Crippen molar-refractivity contribution in [2.75, 3.05) is 13.1 Å². The molecule has 0 spiro atoms. The van der Waals surface area contributed by atoms with E-state index >= 15 is 0 Å². The van der Waals surface area contributed by atoms with Gasteiger partial charge in [0, 0.05) is 25.2 Å². The molecule has 2 atom stereocenters. The normalized spacial score (nSPS) is 30.5. The van der Waals surface area contributed by atoms with Crippen molar-refractivity contribution in [1.29, 1.82) is 0 Å². The van der Waals surface area contributed by atoms with Gasteiger partial charge < -0.3 is 14.9 Å². The van der Waals surface area contributed by atoms with Crippen LogP contribution in [0.15, 0.2) is 0 Å². The molecule has 1 heterocycles. The van der Waals surface area contributed by atoms with Gasteiger partial charge in [0.25, 0.3) is 0 Å². The lowest BCUT2D eigenvalue weighted by atomic mass is 10.0. The zero-order chi connectivity index (χ0) is 13.6. The Kier molecular flexibility index (Phi) is 3.15. The number of urea groups is 1. The zero-order valence-corrected chi connectivity index (χ0v) is 11.4. The molecule has 0 bridgehead atoms. The van der Waals surface area contributed by atoms with Crippen LogP contribution in [0.4, 0.5) is 4.79 Å². The largest absolute Gasteiger partial charge is 0.481 e. The van der Waals surface area contributed by atoms with Crippen molar-refractivity contribution in [3.8, 4) is 0 Å². The van der Waals surface area contributed by atoms with Crippen molar-refractivity contribution in [3.05, 3.63) is 0 Å². The first-order valence-electron chi connectivity index (χ1n) is 7.38. The first-order valence-corrected chi connectivity index (χ1v) is 7.38. The summed E-state index contributed by atoms with van der Waals surface area (Å²) in [4.78, 5) is 27.5. The maximum absolute atomic E-state index is 12.6. The van der Waals surface area contributed by atoms with E-state index in [0.29, 0.717) is 24.9 Å². The first kappa shape index (κ1) is 12.8. The van der Waals surface area contributed by atoms with E-state index in [1.54, 1.807) is 4.90 Å². The van der Waals surface area contributed by atoms with Crippen LogP contribution in [0, 0.1) is 11.8 Å². The molecule has 3 rings (SSSR count). The van der Waals surface area contributed by atoms with Crippen LogP contribution in [0.1, 0.15) is 39.0 Å². The summed E-state index contributed by atoms with van der Waals surface area (Å²) in [6.45, 7) is 3.33. The van der Waals surface area contributed by atoms with Gasteiger partial charge in [-0.1, -0.05) is 0 Å². The summed E-state index contributed by atoms with van der Waals surface area (Å²) in [5.74, 6) is -0.480. The number of carboxylic acid groups (broad SMARTS) is 1. The number of carbonyl (C=O) groups excluding carboxylic acids is 1. The van der Waals surface area contributed by atoms with E-state index < -0.39 is 11.9 Å². The van der Waals surface area contributed by atoms with Crippen LogP contribution in [0.5, 0.6) is 0 Å². The molecule has 1 saturated heterocycles. The molecular weight excluding hydrogens is 244 g/mol. The number of aliphatic carboxylic acids is 1. The lowest BCUT2D eigenvalue weighted by molar-refractivity contribution is -0.142. The van der Waals surface area contributed by atoms with Crippen LogP contribution in [0.3, 0.4) is 0 Å². The summed E-state index contributed by atoms with van der Waals surface area (Å²) in [6, 6.07) is 0.320. The molecular formula is C14H22N2O3. The second-order valence-corrected chi connectivity index (χ2v) is 6.28. The Morgan fingerprint density at radius 2 is 1.89 bits per heavy atom. The molecule has 1 aliphatic heterocycles. The van der Waals surface area contributed by atoms with Crippen molar-refractivity contribution in [2.24, 2.45) is 11.8 Å². The van der Waals surface area contributed by atoms with Crippen LogP contribution in [0.2, 0.25) is 0 Å². The Morgan fingerprint density at radius 3 is 2.37 bits per heavy atom. The van der Waals surface area contributed by atoms with Gasteiger partial charge in [-0.05, 0) is 44.9 Å². The molecule has 19 heavy (non-hydrogen) atoms. The monoisotopic (exact) mass is 266 g/mol. The zero-order valence-electron chi connectivity index (χ0n) is 11.4. The number of nitrogens with zero attached hydrogens (tertiary/aromatic N) is 2. The van der Waals surface area contributed by atoms with Crippen molar-refractivity contribution >= 4 is 12.0 Å². The minimum atomic E-state index is -0.775. The third-order valence-corrected chi connectivity index (χ3v) is 4.70. The van der Waals surface area contributed by atoms with Gasteiger partial charge in [-0.3, -0.25) is 4.79 Å². The SMILES string of the molecule is CC1C(C(=O)O)CCN1C(=O)N(CC1CC1)C1CC1. The fourth-order valence-electron chi connectivity index (χ4n) is 3.05. The van der Waals surface area contributed by atoms with Crippen LogP contribution >= 0.6 is 0 Å². The van der Waals surface area contributed by atoms with E-state index in [1.165, 1.54) is 12.8 Å². The molecule has 0 radical (unpaired) electrons. The van der Waals surface area contributed by atoms with E-state index in [1.807, 2.05) is 11.8 Å². The van der Waals surface area contributed by atoms with E-state index in [4.69, 9.17) is 5.11 Å². The molecule has 1 N–H and O–H groups in total. The summed E-state index contributed by atoms with van der Waals surface area (Å²) in [6.07, 6.45) is 5.30. The topological polar surface area (TPSA) is 60.9 Å². The summed E-state index contributed by atoms with van der Waals surface area (Å²) >= 11 is 0. The van der Waals surface area contributed by atoms with E-state index in [2.05, 4.69) is 0 Å². The van der Waals surface area contributed by atoms with E-state index in [0.717, 1.165) is 19.4 Å². The average Bonchev–Trinajstić information content (AvgIpc) is 3.24. The summed E-state index contributed by atoms with van der Waals surface area (Å²) in [7, 11) is 0. The van der Waals surface area contributed by atoms with Gasteiger partial charge in [0.05, 0.1) is 5.92 Å². The van der Waals surface area contributed by atoms with Gasteiger partial charge in [0.15, 0.2) is 0 Å². The fourth-order valence-corrected chi connectivity index (χ4v) is 3.05. The third kappa shape index (κ3) is 2.55. The van der Waals surface area contributed by atoms with Crippen molar-refractivity contribution in [1.82, 2.24) is 9.80 Å². The van der Waals surface area contributed by atoms with Gasteiger partial charge in [-0.25, -0.2) is 4.79 Å². The van der Waals surface area contributed by atoms with Gasteiger partial charge in [-0.15, -0.1) is 0 Å². The molecule has 0 aromatic carbocycles. The van der Waals surface area contributed by atoms with Crippen LogP contribution in [-0.2, 0) is 4.79 Å². The molecule has 0 aromatic rings. The predicted molar refractivity (Wildman–Crippen MR) is 69.8 cm³/mol. The smallest absolute Gasteiger partial charge is 0.320 e. The second-order valence-electron chi connectivity index (χ2n) is 6.28. The molecule has 2 amide bonds. The van der Waals surface area contributed by atoms with Gasteiger partial charge in [0.2, 0.25) is 0 Å². The maximum Gasteiger partial charge on any atom is 0.320 e. The van der Waals surface area contributed by atoms with Crippen LogP contribution < -0.4 is 0 Å². The van der Waals surface area contributed by atoms with Gasteiger partial charge in [0.1, 0.15) is 0 Å². The highest BCUT2D eigenvalue weighted by Crippen LogP contribution is 2.36. The maximum atomic E-state index is 12.6. The lowest BCUT2D eigenvalue weighted by Crippen LogP contribution is -2.47. The molecule has 3 fully saturated rings. The van der Waals surface area contributed by atoms with Crippen molar-refractivity contribution in [3.63, 3.8) is 0 Å². The van der Waals surface area contributed by atoms with Crippen molar-refractivity contribution in [2.45, 2.75) is 51.1 Å².